The highest BCUT2D eigenvalue weighted by Gasteiger charge is 2.74. The summed E-state index contributed by atoms with van der Waals surface area (Å²) in [5, 5.41) is 0. The number of amides is 1. The Labute approximate surface area is 121 Å². The Morgan fingerprint density at radius 2 is 1.82 bits per heavy atom. The van der Waals surface area contributed by atoms with E-state index in [0.29, 0.717) is 6.07 Å². The van der Waals surface area contributed by atoms with Gasteiger partial charge in [0.2, 0.25) is 5.91 Å². The monoisotopic (exact) mass is 326 g/mol. The number of halogens is 6. The summed E-state index contributed by atoms with van der Waals surface area (Å²) in [4.78, 5) is 11.1. The van der Waals surface area contributed by atoms with Gasteiger partial charge >= 0.3 is 12.4 Å². The van der Waals surface area contributed by atoms with Gasteiger partial charge in [-0.2, -0.15) is 26.3 Å². The van der Waals surface area contributed by atoms with Crippen LogP contribution in [0.5, 0.6) is 0 Å². The molecule has 0 radical (unpaired) electrons. The van der Waals surface area contributed by atoms with Gasteiger partial charge in [0.25, 0.3) is 0 Å². The van der Waals surface area contributed by atoms with Crippen molar-refractivity contribution < 1.29 is 31.1 Å². The maximum atomic E-state index is 12.9. The summed E-state index contributed by atoms with van der Waals surface area (Å²) in [6.07, 6.45) is -10.1. The van der Waals surface area contributed by atoms with Gasteiger partial charge in [0.05, 0.1) is 5.56 Å². The molecule has 0 bridgehead atoms. The molecule has 1 amide bonds. The van der Waals surface area contributed by atoms with Crippen LogP contribution in [-0.4, -0.2) is 12.1 Å². The van der Waals surface area contributed by atoms with Gasteiger partial charge in [0, 0.05) is 5.69 Å². The highest BCUT2D eigenvalue weighted by Crippen LogP contribution is 2.63. The van der Waals surface area contributed by atoms with Crippen molar-refractivity contribution in [2.45, 2.75) is 25.2 Å². The van der Waals surface area contributed by atoms with Crippen LogP contribution in [0.2, 0.25) is 0 Å². The fourth-order valence-corrected chi connectivity index (χ4v) is 2.65. The molecule has 122 valence electrons. The Kier molecular flexibility index (Phi) is 3.58. The second kappa shape index (κ2) is 4.79. The smallest absolute Gasteiger partial charge is 0.398 e. The molecule has 0 saturated heterocycles. The largest absolute Gasteiger partial charge is 0.418 e. The number of nitrogen functional groups attached to an aromatic ring is 1. The predicted molar refractivity (Wildman–Crippen MR) is 65.3 cm³/mol. The number of primary amides is 1. The maximum Gasteiger partial charge on any atom is 0.418 e. The second-order valence-corrected chi connectivity index (χ2v) is 5.36. The first kappa shape index (κ1) is 16.4. The number of carbonyl (C=O) groups is 1. The summed E-state index contributed by atoms with van der Waals surface area (Å²) in [6.45, 7) is 0. The number of alkyl halides is 6. The molecule has 0 heterocycles. The lowest BCUT2D eigenvalue weighted by Gasteiger charge is -2.18. The molecule has 3 nitrogen and oxygen atoms in total. The number of hydrogen-bond acceptors (Lipinski definition) is 2. The van der Waals surface area contributed by atoms with E-state index in [2.05, 4.69) is 0 Å². The molecular weight excluding hydrogens is 314 g/mol. The number of anilines is 1. The van der Waals surface area contributed by atoms with E-state index in [9.17, 15) is 31.1 Å². The summed E-state index contributed by atoms with van der Waals surface area (Å²) in [6, 6.07) is 2.75. The summed E-state index contributed by atoms with van der Waals surface area (Å²) in [5.74, 6) is -2.55. The zero-order chi connectivity index (χ0) is 16.9. The van der Waals surface area contributed by atoms with E-state index in [-0.39, 0.29) is 12.0 Å². The number of hydrogen-bond donors (Lipinski definition) is 2. The molecule has 9 heteroatoms. The van der Waals surface area contributed by atoms with Crippen LogP contribution >= 0.6 is 0 Å². The van der Waals surface area contributed by atoms with Crippen molar-refractivity contribution >= 4 is 11.6 Å². The molecule has 1 aliphatic rings. The van der Waals surface area contributed by atoms with Crippen molar-refractivity contribution in [2.24, 2.45) is 17.1 Å². The summed E-state index contributed by atoms with van der Waals surface area (Å²) < 4.78 is 76.4. The number of nitrogens with two attached hydrogens (primary N) is 2. The predicted octanol–water partition coefficient (Wildman–Crippen LogP) is 2.88. The van der Waals surface area contributed by atoms with Crippen LogP contribution in [0, 0.1) is 11.3 Å². The molecule has 0 aromatic heterocycles. The topological polar surface area (TPSA) is 69.1 Å². The summed E-state index contributed by atoms with van der Waals surface area (Å²) in [5.41, 5.74) is 6.11. The van der Waals surface area contributed by atoms with Crippen molar-refractivity contribution in [1.29, 1.82) is 0 Å². The third-order valence-electron chi connectivity index (χ3n) is 3.95. The highest BCUT2D eigenvalue weighted by molar-refractivity contribution is 5.85. The van der Waals surface area contributed by atoms with Crippen molar-refractivity contribution in [3.05, 3.63) is 29.3 Å². The van der Waals surface area contributed by atoms with Crippen molar-refractivity contribution in [3.63, 3.8) is 0 Å². The van der Waals surface area contributed by atoms with Crippen LogP contribution in [0.1, 0.15) is 17.5 Å². The second-order valence-electron chi connectivity index (χ2n) is 5.36. The van der Waals surface area contributed by atoms with Crippen LogP contribution in [0.25, 0.3) is 0 Å². The zero-order valence-corrected chi connectivity index (χ0v) is 11.1. The first-order valence-electron chi connectivity index (χ1n) is 6.22. The molecule has 1 aliphatic carbocycles. The third kappa shape index (κ3) is 2.59. The van der Waals surface area contributed by atoms with Gasteiger partial charge in [-0.3, -0.25) is 4.79 Å². The number of rotatable bonds is 3. The Morgan fingerprint density at radius 3 is 2.18 bits per heavy atom. The lowest BCUT2D eigenvalue weighted by Crippen LogP contribution is -2.39. The van der Waals surface area contributed by atoms with E-state index in [1.165, 1.54) is 0 Å². The average Bonchev–Trinajstić information content (AvgIpc) is 3.02. The molecule has 4 N–H and O–H groups in total. The molecule has 22 heavy (non-hydrogen) atoms. The minimum atomic E-state index is -4.78. The fourth-order valence-electron chi connectivity index (χ4n) is 2.65. The molecule has 1 aromatic rings. The van der Waals surface area contributed by atoms with E-state index in [1.54, 1.807) is 0 Å². The molecule has 2 atom stereocenters. The standard InChI is InChI=1S/C13H12F6N2O/c14-12(15,16)8-2-1-6(4-9(8)20)3-7-5-11(7,10(21)22)13(17,18)19/h1-2,4,7H,3,5,20H2,(H2,21,22). The Hall–Kier alpha value is -1.93. The van der Waals surface area contributed by atoms with Gasteiger partial charge in [-0.1, -0.05) is 6.07 Å². The van der Waals surface area contributed by atoms with Crippen LogP contribution in [0.4, 0.5) is 32.0 Å². The van der Waals surface area contributed by atoms with E-state index in [1.807, 2.05) is 0 Å². The minimum absolute atomic E-state index is 0.197. The summed E-state index contributed by atoms with van der Waals surface area (Å²) >= 11 is 0. The van der Waals surface area contributed by atoms with Crippen molar-refractivity contribution in [3.8, 4) is 0 Å². The summed E-state index contributed by atoms with van der Waals surface area (Å²) in [7, 11) is 0. The van der Waals surface area contributed by atoms with Gasteiger partial charge < -0.3 is 11.5 Å². The quantitative estimate of drug-likeness (QED) is 0.662. The van der Waals surface area contributed by atoms with Crippen LogP contribution in [0.15, 0.2) is 18.2 Å². The molecule has 0 aliphatic heterocycles. The Bertz CT molecular complexity index is 610. The molecule has 0 spiro atoms. The van der Waals surface area contributed by atoms with Gasteiger partial charge in [-0.25, -0.2) is 0 Å². The molecule has 2 unspecified atom stereocenters. The molecular formula is C13H12F6N2O. The van der Waals surface area contributed by atoms with E-state index in [4.69, 9.17) is 11.5 Å². The number of benzene rings is 1. The van der Waals surface area contributed by atoms with Gasteiger partial charge in [-0.15, -0.1) is 0 Å². The molecule has 2 rings (SSSR count). The molecule has 1 saturated carbocycles. The van der Waals surface area contributed by atoms with Crippen molar-refractivity contribution in [2.75, 3.05) is 5.73 Å². The maximum absolute atomic E-state index is 12.9. The average molecular weight is 326 g/mol. The first-order valence-corrected chi connectivity index (χ1v) is 6.22. The lowest BCUT2D eigenvalue weighted by atomic mass is 9.97. The third-order valence-corrected chi connectivity index (χ3v) is 3.95. The highest BCUT2D eigenvalue weighted by atomic mass is 19.4. The first-order chi connectivity index (χ1) is 9.89. The Balaban J connectivity index is 2.20. The van der Waals surface area contributed by atoms with Gasteiger partial charge in [-0.05, 0) is 36.5 Å². The minimum Gasteiger partial charge on any atom is -0.398 e. The Morgan fingerprint density at radius 1 is 1.23 bits per heavy atom. The normalized spacial score (nSPS) is 25.1. The molecule has 1 aromatic carbocycles. The van der Waals surface area contributed by atoms with Gasteiger partial charge in [0.1, 0.15) is 5.41 Å². The van der Waals surface area contributed by atoms with E-state index < -0.39 is 47.3 Å². The van der Waals surface area contributed by atoms with E-state index >= 15 is 0 Å². The molecule has 1 fully saturated rings. The number of carbonyl (C=O) groups excluding carboxylic acids is 1. The fraction of sp³-hybridized carbons (Fsp3) is 0.462. The SMILES string of the molecule is NC(=O)C1(C(F)(F)F)CC1Cc1ccc(C(F)(F)F)c(N)c1. The van der Waals surface area contributed by atoms with Crippen LogP contribution in [-0.2, 0) is 17.4 Å². The zero-order valence-electron chi connectivity index (χ0n) is 11.1. The van der Waals surface area contributed by atoms with E-state index in [0.717, 1.165) is 12.1 Å². The van der Waals surface area contributed by atoms with Crippen LogP contribution < -0.4 is 11.5 Å². The van der Waals surface area contributed by atoms with Crippen LogP contribution in [0.3, 0.4) is 0 Å². The lowest BCUT2D eigenvalue weighted by molar-refractivity contribution is -0.194. The van der Waals surface area contributed by atoms with Gasteiger partial charge in [0.15, 0.2) is 0 Å². The van der Waals surface area contributed by atoms with Crippen molar-refractivity contribution in [1.82, 2.24) is 0 Å².